The minimum atomic E-state index is -0.612. The third-order valence-corrected chi connectivity index (χ3v) is 9.89. The Morgan fingerprint density at radius 3 is 2.37 bits per heavy atom. The van der Waals surface area contributed by atoms with Crippen molar-refractivity contribution in [1.29, 1.82) is 0 Å². The van der Waals surface area contributed by atoms with E-state index in [9.17, 15) is 9.90 Å². The number of piperazine rings is 1. The number of aliphatic hydroxyl groups is 1. The van der Waals surface area contributed by atoms with E-state index in [1.165, 1.54) is 38.5 Å². The van der Waals surface area contributed by atoms with Crippen LogP contribution in [0.5, 0.6) is 5.75 Å². The Kier molecular flexibility index (Phi) is 7.44. The van der Waals surface area contributed by atoms with Gasteiger partial charge in [0.25, 0.3) is 0 Å². The topological polar surface area (TPSA) is 91.1 Å². The molecule has 1 atom stereocenters. The van der Waals surface area contributed by atoms with Crippen molar-refractivity contribution >= 4 is 28.6 Å². The smallest absolute Gasteiger partial charge is 0.234 e. The van der Waals surface area contributed by atoms with Crippen LogP contribution in [-0.2, 0) is 4.79 Å². The third-order valence-electron chi connectivity index (χ3n) is 9.64. The number of aromatic nitrogens is 1. The summed E-state index contributed by atoms with van der Waals surface area (Å²) >= 11 is 5.99. The highest BCUT2D eigenvalue weighted by atomic mass is 35.5. The van der Waals surface area contributed by atoms with Crippen molar-refractivity contribution in [2.75, 3.05) is 45.9 Å². The first-order valence-corrected chi connectivity index (χ1v) is 15.5. The largest absolute Gasteiger partial charge is 0.491 e. The van der Waals surface area contributed by atoms with Crippen molar-refractivity contribution < 1.29 is 19.1 Å². The van der Waals surface area contributed by atoms with Crippen molar-refractivity contribution in [1.82, 2.24) is 20.1 Å². The summed E-state index contributed by atoms with van der Waals surface area (Å²) in [5.41, 5.74) is 2.30. The number of carbonyl (C=O) groups is 1. The van der Waals surface area contributed by atoms with Crippen molar-refractivity contribution in [2.45, 2.75) is 50.2 Å². The summed E-state index contributed by atoms with van der Waals surface area (Å²) in [7, 11) is 0. The molecule has 8 nitrogen and oxygen atoms in total. The molecule has 2 N–H and O–H groups in total. The molecular weight excluding hydrogens is 540 g/mol. The molecule has 41 heavy (non-hydrogen) atoms. The zero-order chi connectivity index (χ0) is 28.0. The predicted molar refractivity (Wildman–Crippen MR) is 158 cm³/mol. The van der Waals surface area contributed by atoms with Crippen molar-refractivity contribution in [3.8, 4) is 17.2 Å². The summed E-state index contributed by atoms with van der Waals surface area (Å²) in [4.78, 5) is 22.1. The lowest BCUT2D eigenvalue weighted by Gasteiger charge is -2.57. The van der Waals surface area contributed by atoms with Gasteiger partial charge in [-0.15, -0.1) is 0 Å². The molecule has 8 rings (SSSR count). The Morgan fingerprint density at radius 1 is 1.02 bits per heavy atom. The molecular formula is C32H39ClN4O4. The van der Waals surface area contributed by atoms with E-state index in [4.69, 9.17) is 20.8 Å². The monoisotopic (exact) mass is 578 g/mol. The van der Waals surface area contributed by atoms with Crippen LogP contribution in [0.4, 0.5) is 0 Å². The molecule has 0 spiro atoms. The molecule has 1 aliphatic heterocycles. The van der Waals surface area contributed by atoms with E-state index in [-0.39, 0.29) is 18.1 Å². The Labute approximate surface area is 246 Å². The highest BCUT2D eigenvalue weighted by Gasteiger charge is 2.51. The number of fused-ring (bicyclic) bond motifs is 1. The predicted octanol–water partition coefficient (Wildman–Crippen LogP) is 4.59. The summed E-state index contributed by atoms with van der Waals surface area (Å²) in [6.45, 7) is 4.55. The van der Waals surface area contributed by atoms with Crippen LogP contribution in [0.25, 0.3) is 22.6 Å². The number of ether oxygens (including phenoxy) is 1. The third kappa shape index (κ3) is 6.12. The van der Waals surface area contributed by atoms with Gasteiger partial charge in [0.05, 0.1) is 6.54 Å². The standard InChI is InChI=1S/C32H39ClN4O4/c33-25-3-1-24(2-4-25)31-34-28-14-27(5-6-29(28)41-31)40-20-26(38)18-36-7-9-37(10-8-36)19-30(39)35-32-15-21-11-22(16-32)13-23(12-21)17-32/h1-6,14,21-23,26,38H,7-13,15-20H2,(H,35,39)/t21?,22?,23?,26-,32?/m1/s1. The highest BCUT2D eigenvalue weighted by Crippen LogP contribution is 2.55. The quantitative estimate of drug-likeness (QED) is 0.384. The Bertz CT molecular complexity index is 1350. The van der Waals surface area contributed by atoms with Gasteiger partial charge in [0.1, 0.15) is 24.0 Å². The van der Waals surface area contributed by atoms with E-state index >= 15 is 0 Å². The Morgan fingerprint density at radius 2 is 1.68 bits per heavy atom. The molecule has 0 radical (unpaired) electrons. The van der Waals surface area contributed by atoms with Crippen molar-refractivity contribution in [3.63, 3.8) is 0 Å². The number of oxazole rings is 1. The van der Waals surface area contributed by atoms with Gasteiger partial charge in [0.2, 0.25) is 11.8 Å². The van der Waals surface area contributed by atoms with Gasteiger partial charge in [-0.3, -0.25) is 14.6 Å². The number of hydrogen-bond acceptors (Lipinski definition) is 7. The maximum Gasteiger partial charge on any atom is 0.234 e. The fraction of sp³-hybridized carbons (Fsp3) is 0.562. The highest BCUT2D eigenvalue weighted by molar-refractivity contribution is 6.30. The van der Waals surface area contributed by atoms with E-state index in [0.29, 0.717) is 40.9 Å². The van der Waals surface area contributed by atoms with Crippen LogP contribution >= 0.6 is 11.6 Å². The molecule has 2 aromatic carbocycles. The van der Waals surface area contributed by atoms with Gasteiger partial charge in [0.15, 0.2) is 5.58 Å². The molecule has 2 heterocycles. The SMILES string of the molecule is O=C(CN1CCN(C[C@@H](O)COc2ccc3oc(-c4ccc(Cl)cc4)nc3c2)CC1)NC12CC3CC(CC(C3)C1)C2. The Hall–Kier alpha value is -2.65. The van der Waals surface area contributed by atoms with E-state index in [0.717, 1.165) is 49.5 Å². The van der Waals surface area contributed by atoms with Gasteiger partial charge in [0, 0.05) is 54.9 Å². The summed E-state index contributed by atoms with van der Waals surface area (Å²) < 4.78 is 11.8. The second-order valence-corrected chi connectivity index (χ2v) is 13.4. The maximum absolute atomic E-state index is 13.0. The van der Waals surface area contributed by atoms with Crippen LogP contribution in [0.2, 0.25) is 5.02 Å². The van der Waals surface area contributed by atoms with Gasteiger partial charge < -0.3 is 19.6 Å². The average molecular weight is 579 g/mol. The maximum atomic E-state index is 13.0. The minimum absolute atomic E-state index is 0.0783. The van der Waals surface area contributed by atoms with Crippen molar-refractivity contribution in [2.24, 2.45) is 17.8 Å². The molecule has 4 bridgehead atoms. The molecule has 5 fully saturated rings. The summed E-state index contributed by atoms with van der Waals surface area (Å²) in [5, 5.41) is 14.8. The summed E-state index contributed by atoms with van der Waals surface area (Å²) in [6, 6.07) is 12.9. The number of nitrogens with zero attached hydrogens (tertiary/aromatic N) is 3. The lowest BCUT2D eigenvalue weighted by Crippen LogP contribution is -2.61. The van der Waals surface area contributed by atoms with Crippen LogP contribution in [0, 0.1) is 17.8 Å². The molecule has 1 saturated heterocycles. The first kappa shape index (κ1) is 27.2. The van der Waals surface area contributed by atoms with E-state index in [1.54, 1.807) is 0 Å². The molecule has 218 valence electrons. The molecule has 3 aromatic rings. The van der Waals surface area contributed by atoms with Crippen LogP contribution in [-0.4, -0.2) is 83.3 Å². The van der Waals surface area contributed by atoms with Gasteiger partial charge >= 0.3 is 0 Å². The number of halogens is 1. The number of benzene rings is 2. The molecule has 4 aliphatic carbocycles. The number of hydrogen-bond donors (Lipinski definition) is 2. The molecule has 1 amide bonds. The van der Waals surface area contributed by atoms with E-state index in [1.807, 2.05) is 42.5 Å². The second-order valence-electron chi connectivity index (χ2n) is 12.9. The zero-order valence-corrected chi connectivity index (χ0v) is 24.2. The first-order chi connectivity index (χ1) is 19.9. The van der Waals surface area contributed by atoms with Gasteiger partial charge in [-0.05, 0) is 92.7 Å². The first-order valence-electron chi connectivity index (χ1n) is 15.1. The fourth-order valence-electron chi connectivity index (χ4n) is 8.19. The second kappa shape index (κ2) is 11.2. The van der Waals surface area contributed by atoms with E-state index in [2.05, 4.69) is 20.1 Å². The number of amides is 1. The van der Waals surface area contributed by atoms with Crippen LogP contribution < -0.4 is 10.1 Å². The molecule has 0 unspecified atom stereocenters. The lowest BCUT2D eigenvalue weighted by molar-refractivity contribution is -0.128. The lowest BCUT2D eigenvalue weighted by atomic mass is 9.53. The Balaban J connectivity index is 0.848. The molecule has 1 aromatic heterocycles. The summed E-state index contributed by atoms with van der Waals surface area (Å²) in [6.07, 6.45) is 7.11. The average Bonchev–Trinajstić information content (AvgIpc) is 3.36. The zero-order valence-electron chi connectivity index (χ0n) is 23.4. The van der Waals surface area contributed by atoms with Crippen LogP contribution in [0.1, 0.15) is 38.5 Å². The molecule has 5 aliphatic rings. The molecule has 9 heteroatoms. The van der Waals surface area contributed by atoms with Gasteiger partial charge in [-0.2, -0.15) is 0 Å². The van der Waals surface area contributed by atoms with Crippen LogP contribution in [0.15, 0.2) is 46.9 Å². The van der Waals surface area contributed by atoms with Crippen LogP contribution in [0.3, 0.4) is 0 Å². The van der Waals surface area contributed by atoms with Gasteiger partial charge in [-0.25, -0.2) is 4.98 Å². The van der Waals surface area contributed by atoms with Crippen molar-refractivity contribution in [3.05, 3.63) is 47.5 Å². The summed E-state index contributed by atoms with van der Waals surface area (Å²) in [5.74, 6) is 3.86. The normalized spacial score (nSPS) is 28.7. The van der Waals surface area contributed by atoms with E-state index < -0.39 is 6.10 Å². The molecule has 4 saturated carbocycles. The number of carbonyl (C=O) groups excluding carboxylic acids is 1. The minimum Gasteiger partial charge on any atom is -0.491 e. The number of nitrogens with one attached hydrogen (secondary N) is 1. The fourth-order valence-corrected chi connectivity index (χ4v) is 8.31. The van der Waals surface area contributed by atoms with Gasteiger partial charge in [-0.1, -0.05) is 11.6 Å². The number of aliphatic hydroxyl groups excluding tert-OH is 1. The number of rotatable bonds is 9. The number of β-amino-alcohol motifs (C(OH)–C–C–N with tert-alkyl or cyclic N) is 1.